The number of hydrogen-bond donors (Lipinski definition) is 1. The van der Waals surface area contributed by atoms with Crippen LogP contribution in [0, 0.1) is 0 Å². The zero-order valence-corrected chi connectivity index (χ0v) is 14.0. The molecule has 0 saturated carbocycles. The van der Waals surface area contributed by atoms with Crippen molar-refractivity contribution in [2.75, 3.05) is 7.11 Å². The molecule has 0 spiro atoms. The molecule has 2 aromatic rings. The summed E-state index contributed by atoms with van der Waals surface area (Å²) in [6.07, 6.45) is 0.163. The van der Waals surface area contributed by atoms with Crippen molar-refractivity contribution >= 4 is 27.6 Å². The highest BCUT2D eigenvalue weighted by molar-refractivity contribution is 7.89. The number of carbonyl (C=O) groups excluding carboxylic acids is 1. The molecule has 5 nitrogen and oxygen atoms in total. The van der Waals surface area contributed by atoms with E-state index in [0.717, 1.165) is 5.56 Å². The standard InChI is InChI=1S/C16H16ClNO4S/c1-22-16(19)15(11-12-7-9-13(17)10-8-12)18-23(20,21)14-5-3-2-4-6-14/h2-10,15,18H,11H2,1H3. The molecule has 0 radical (unpaired) electrons. The van der Waals surface area contributed by atoms with Crippen LogP contribution >= 0.6 is 11.6 Å². The van der Waals surface area contributed by atoms with Crippen molar-refractivity contribution in [3.63, 3.8) is 0 Å². The lowest BCUT2D eigenvalue weighted by Crippen LogP contribution is -2.42. The number of methoxy groups -OCH3 is 1. The van der Waals surface area contributed by atoms with E-state index in [1.807, 2.05) is 0 Å². The Hall–Kier alpha value is -1.89. The second kappa shape index (κ2) is 7.59. The molecule has 0 amide bonds. The van der Waals surface area contributed by atoms with Crippen LogP contribution in [-0.4, -0.2) is 27.5 Å². The summed E-state index contributed by atoms with van der Waals surface area (Å²) in [6, 6.07) is 13.6. The quantitative estimate of drug-likeness (QED) is 0.809. The summed E-state index contributed by atoms with van der Waals surface area (Å²) in [7, 11) is -2.60. The van der Waals surface area contributed by atoms with Gasteiger partial charge in [0.1, 0.15) is 6.04 Å². The van der Waals surface area contributed by atoms with Crippen LogP contribution in [0.3, 0.4) is 0 Å². The fourth-order valence-electron chi connectivity index (χ4n) is 2.03. The average molecular weight is 354 g/mol. The SMILES string of the molecule is COC(=O)C(Cc1ccc(Cl)cc1)NS(=O)(=O)c1ccccc1. The van der Waals surface area contributed by atoms with Gasteiger partial charge in [0.25, 0.3) is 0 Å². The summed E-state index contributed by atoms with van der Waals surface area (Å²) in [4.78, 5) is 12.0. The Balaban J connectivity index is 2.22. The Morgan fingerprint density at radius 3 is 2.30 bits per heavy atom. The van der Waals surface area contributed by atoms with Gasteiger partial charge in [-0.2, -0.15) is 4.72 Å². The number of benzene rings is 2. The monoisotopic (exact) mass is 353 g/mol. The number of rotatable bonds is 6. The van der Waals surface area contributed by atoms with Crippen LogP contribution in [0.25, 0.3) is 0 Å². The lowest BCUT2D eigenvalue weighted by molar-refractivity contribution is -0.142. The highest BCUT2D eigenvalue weighted by Gasteiger charge is 2.26. The van der Waals surface area contributed by atoms with E-state index in [1.165, 1.54) is 19.2 Å². The summed E-state index contributed by atoms with van der Waals surface area (Å²) >= 11 is 5.82. The van der Waals surface area contributed by atoms with Crippen LogP contribution in [0.15, 0.2) is 59.5 Å². The van der Waals surface area contributed by atoms with E-state index in [2.05, 4.69) is 4.72 Å². The Labute approximate surface area is 140 Å². The van der Waals surface area contributed by atoms with Crippen LogP contribution < -0.4 is 4.72 Å². The molecule has 0 aromatic heterocycles. The van der Waals surface area contributed by atoms with Crippen molar-refractivity contribution in [1.29, 1.82) is 0 Å². The molecule has 1 atom stereocenters. The number of hydrogen-bond acceptors (Lipinski definition) is 4. The zero-order chi connectivity index (χ0) is 16.9. The third kappa shape index (κ3) is 4.79. The topological polar surface area (TPSA) is 72.5 Å². The lowest BCUT2D eigenvalue weighted by Gasteiger charge is -2.17. The van der Waals surface area contributed by atoms with Crippen molar-refractivity contribution < 1.29 is 17.9 Å². The van der Waals surface area contributed by atoms with Gasteiger partial charge in [0, 0.05) is 5.02 Å². The molecule has 2 aromatic carbocycles. The van der Waals surface area contributed by atoms with Gasteiger partial charge in [-0.1, -0.05) is 41.9 Å². The number of esters is 1. The number of sulfonamides is 1. The van der Waals surface area contributed by atoms with Gasteiger partial charge < -0.3 is 4.74 Å². The molecule has 1 N–H and O–H groups in total. The van der Waals surface area contributed by atoms with Gasteiger partial charge in [-0.3, -0.25) is 4.79 Å². The van der Waals surface area contributed by atoms with Crippen LogP contribution in [0.4, 0.5) is 0 Å². The van der Waals surface area contributed by atoms with Crippen LogP contribution in [-0.2, 0) is 26.0 Å². The Morgan fingerprint density at radius 2 is 1.74 bits per heavy atom. The first-order valence-corrected chi connectivity index (χ1v) is 8.68. The van der Waals surface area contributed by atoms with Crippen LogP contribution in [0.5, 0.6) is 0 Å². The highest BCUT2D eigenvalue weighted by Crippen LogP contribution is 2.14. The van der Waals surface area contributed by atoms with Crippen molar-refractivity contribution in [1.82, 2.24) is 4.72 Å². The number of carbonyl (C=O) groups is 1. The Morgan fingerprint density at radius 1 is 1.13 bits per heavy atom. The van der Waals surface area contributed by atoms with E-state index in [4.69, 9.17) is 16.3 Å². The molecular weight excluding hydrogens is 338 g/mol. The van der Waals surface area contributed by atoms with E-state index in [9.17, 15) is 13.2 Å². The minimum Gasteiger partial charge on any atom is -0.468 e. The smallest absolute Gasteiger partial charge is 0.324 e. The predicted octanol–water partition coefficient (Wildman–Crippen LogP) is 2.40. The average Bonchev–Trinajstić information content (AvgIpc) is 2.56. The molecule has 0 fully saturated rings. The second-order valence-electron chi connectivity index (χ2n) is 4.84. The molecule has 0 bridgehead atoms. The maximum absolute atomic E-state index is 12.4. The maximum Gasteiger partial charge on any atom is 0.324 e. The fourth-order valence-corrected chi connectivity index (χ4v) is 3.36. The molecular formula is C16H16ClNO4S. The fraction of sp³-hybridized carbons (Fsp3) is 0.188. The first-order chi connectivity index (χ1) is 10.9. The molecule has 0 aliphatic carbocycles. The van der Waals surface area contributed by atoms with Crippen LogP contribution in [0.1, 0.15) is 5.56 Å². The second-order valence-corrected chi connectivity index (χ2v) is 6.99. The lowest BCUT2D eigenvalue weighted by atomic mass is 10.1. The van der Waals surface area contributed by atoms with E-state index in [1.54, 1.807) is 42.5 Å². The van der Waals surface area contributed by atoms with Gasteiger partial charge in [0.2, 0.25) is 10.0 Å². The van der Waals surface area contributed by atoms with E-state index >= 15 is 0 Å². The summed E-state index contributed by atoms with van der Waals surface area (Å²) in [5.74, 6) is -0.653. The zero-order valence-electron chi connectivity index (χ0n) is 12.4. The van der Waals surface area contributed by atoms with Gasteiger partial charge in [-0.15, -0.1) is 0 Å². The minimum absolute atomic E-state index is 0.0880. The summed E-state index contributed by atoms with van der Waals surface area (Å²) in [5.41, 5.74) is 0.764. The van der Waals surface area contributed by atoms with Crippen molar-refractivity contribution in [3.8, 4) is 0 Å². The predicted molar refractivity (Wildman–Crippen MR) is 87.7 cm³/mol. The number of ether oxygens (including phenoxy) is 1. The van der Waals surface area contributed by atoms with Gasteiger partial charge in [-0.05, 0) is 36.2 Å². The minimum atomic E-state index is -3.82. The normalized spacial score (nSPS) is 12.6. The molecule has 122 valence electrons. The maximum atomic E-state index is 12.4. The first-order valence-electron chi connectivity index (χ1n) is 6.82. The van der Waals surface area contributed by atoms with Crippen molar-refractivity contribution in [3.05, 3.63) is 65.2 Å². The molecule has 23 heavy (non-hydrogen) atoms. The van der Waals surface area contributed by atoms with E-state index in [0.29, 0.717) is 5.02 Å². The highest BCUT2D eigenvalue weighted by atomic mass is 35.5. The van der Waals surface area contributed by atoms with Crippen molar-refractivity contribution in [2.45, 2.75) is 17.4 Å². The Bertz CT molecular complexity index is 760. The van der Waals surface area contributed by atoms with Gasteiger partial charge in [-0.25, -0.2) is 8.42 Å². The molecule has 0 aliphatic rings. The molecule has 2 rings (SSSR count). The summed E-state index contributed by atoms with van der Waals surface area (Å²) in [5, 5.41) is 0.563. The van der Waals surface area contributed by atoms with Gasteiger partial charge in [0.15, 0.2) is 0 Å². The summed E-state index contributed by atoms with van der Waals surface area (Å²) < 4.78 is 31.8. The van der Waals surface area contributed by atoms with E-state index in [-0.39, 0.29) is 11.3 Å². The van der Waals surface area contributed by atoms with Crippen molar-refractivity contribution in [2.24, 2.45) is 0 Å². The Kier molecular flexibility index (Phi) is 5.76. The first kappa shape index (κ1) is 17.5. The largest absolute Gasteiger partial charge is 0.468 e. The number of halogens is 1. The molecule has 7 heteroatoms. The van der Waals surface area contributed by atoms with Crippen LogP contribution in [0.2, 0.25) is 5.02 Å². The number of nitrogens with one attached hydrogen (secondary N) is 1. The third-order valence-electron chi connectivity index (χ3n) is 3.19. The van der Waals surface area contributed by atoms with Gasteiger partial charge in [0.05, 0.1) is 12.0 Å². The molecule has 0 saturated heterocycles. The van der Waals surface area contributed by atoms with E-state index < -0.39 is 22.0 Å². The molecule has 0 aliphatic heterocycles. The summed E-state index contributed by atoms with van der Waals surface area (Å²) in [6.45, 7) is 0. The molecule has 1 unspecified atom stereocenters. The van der Waals surface area contributed by atoms with Gasteiger partial charge >= 0.3 is 5.97 Å². The molecule has 0 heterocycles. The third-order valence-corrected chi connectivity index (χ3v) is 4.93.